The fourth-order valence-corrected chi connectivity index (χ4v) is 3.03. The zero-order valence-electron chi connectivity index (χ0n) is 10.8. The fraction of sp³-hybridized carbons (Fsp3) is 0.923. The van der Waals surface area contributed by atoms with Crippen LogP contribution in [0.4, 0.5) is 0 Å². The van der Waals surface area contributed by atoms with Gasteiger partial charge in [0.25, 0.3) is 0 Å². The minimum atomic E-state index is 0.212. The number of carbonyl (C=O) groups excluding carboxylic acids is 1. The van der Waals surface area contributed by atoms with Gasteiger partial charge < -0.3 is 11.1 Å². The van der Waals surface area contributed by atoms with E-state index in [0.29, 0.717) is 31.0 Å². The van der Waals surface area contributed by atoms with Gasteiger partial charge >= 0.3 is 0 Å². The van der Waals surface area contributed by atoms with Gasteiger partial charge in [-0.15, -0.1) is 0 Å². The molecular formula is C13H25N3O. The van der Waals surface area contributed by atoms with Gasteiger partial charge in [-0.25, -0.2) is 0 Å². The SMILES string of the molecule is CC(CN)CCC(=O)NC1CCN2CCCC12. The maximum atomic E-state index is 11.8. The van der Waals surface area contributed by atoms with Crippen molar-refractivity contribution in [1.29, 1.82) is 0 Å². The Kier molecular flexibility index (Phi) is 4.40. The van der Waals surface area contributed by atoms with E-state index in [1.54, 1.807) is 0 Å². The van der Waals surface area contributed by atoms with Gasteiger partial charge in [0, 0.05) is 25.0 Å². The van der Waals surface area contributed by atoms with Gasteiger partial charge in [0.1, 0.15) is 0 Å². The molecule has 0 saturated carbocycles. The first-order valence-corrected chi connectivity index (χ1v) is 6.94. The summed E-state index contributed by atoms with van der Waals surface area (Å²) < 4.78 is 0. The molecule has 0 aromatic heterocycles. The van der Waals surface area contributed by atoms with Crippen molar-refractivity contribution in [3.63, 3.8) is 0 Å². The Morgan fingerprint density at radius 1 is 1.47 bits per heavy atom. The van der Waals surface area contributed by atoms with Gasteiger partial charge in [0.15, 0.2) is 0 Å². The van der Waals surface area contributed by atoms with Crippen molar-refractivity contribution in [2.24, 2.45) is 11.7 Å². The van der Waals surface area contributed by atoms with Gasteiger partial charge in [-0.1, -0.05) is 6.92 Å². The van der Waals surface area contributed by atoms with Gasteiger partial charge in [-0.05, 0) is 44.7 Å². The van der Waals surface area contributed by atoms with Crippen LogP contribution in [0.3, 0.4) is 0 Å². The molecule has 2 aliphatic rings. The van der Waals surface area contributed by atoms with Crippen molar-refractivity contribution in [2.75, 3.05) is 19.6 Å². The zero-order chi connectivity index (χ0) is 12.3. The van der Waals surface area contributed by atoms with Crippen molar-refractivity contribution in [2.45, 2.75) is 51.1 Å². The number of fused-ring (bicyclic) bond motifs is 1. The molecule has 4 nitrogen and oxygen atoms in total. The van der Waals surface area contributed by atoms with Crippen LogP contribution in [0.15, 0.2) is 0 Å². The molecule has 3 N–H and O–H groups in total. The average molecular weight is 239 g/mol. The molecule has 0 bridgehead atoms. The van der Waals surface area contributed by atoms with Crippen molar-refractivity contribution in [3.05, 3.63) is 0 Å². The first-order chi connectivity index (χ1) is 8.20. The summed E-state index contributed by atoms with van der Waals surface area (Å²) in [7, 11) is 0. The van der Waals surface area contributed by atoms with Gasteiger partial charge in [-0.3, -0.25) is 9.69 Å². The van der Waals surface area contributed by atoms with E-state index in [-0.39, 0.29) is 5.91 Å². The number of nitrogens with zero attached hydrogens (tertiary/aromatic N) is 1. The normalized spacial score (nSPS) is 30.2. The Labute approximate surface area is 104 Å². The number of nitrogens with two attached hydrogens (primary N) is 1. The molecule has 0 radical (unpaired) electrons. The van der Waals surface area contributed by atoms with E-state index in [1.165, 1.54) is 19.4 Å². The Hall–Kier alpha value is -0.610. The summed E-state index contributed by atoms with van der Waals surface area (Å²) in [6, 6.07) is 1.02. The molecule has 2 heterocycles. The average Bonchev–Trinajstić information content (AvgIpc) is 2.91. The fourth-order valence-electron chi connectivity index (χ4n) is 3.03. The molecule has 1 amide bonds. The highest BCUT2D eigenvalue weighted by molar-refractivity contribution is 5.76. The maximum absolute atomic E-state index is 11.8. The van der Waals surface area contributed by atoms with E-state index >= 15 is 0 Å². The second-order valence-electron chi connectivity index (χ2n) is 5.59. The number of amides is 1. The predicted octanol–water partition coefficient (Wildman–Crippen LogP) is 0.714. The van der Waals surface area contributed by atoms with E-state index in [0.717, 1.165) is 19.4 Å². The van der Waals surface area contributed by atoms with Crippen LogP contribution in [0.25, 0.3) is 0 Å². The maximum Gasteiger partial charge on any atom is 0.220 e. The zero-order valence-corrected chi connectivity index (χ0v) is 10.8. The Morgan fingerprint density at radius 2 is 2.29 bits per heavy atom. The molecular weight excluding hydrogens is 214 g/mol. The van der Waals surface area contributed by atoms with E-state index in [4.69, 9.17) is 5.73 Å². The predicted molar refractivity (Wildman–Crippen MR) is 68.6 cm³/mol. The molecule has 3 atom stereocenters. The molecule has 0 spiro atoms. The first-order valence-electron chi connectivity index (χ1n) is 6.94. The van der Waals surface area contributed by atoms with Crippen molar-refractivity contribution < 1.29 is 4.79 Å². The smallest absolute Gasteiger partial charge is 0.220 e. The van der Waals surface area contributed by atoms with Gasteiger partial charge in [0.05, 0.1) is 0 Å². The lowest BCUT2D eigenvalue weighted by Crippen LogP contribution is -2.42. The number of hydrogen-bond acceptors (Lipinski definition) is 3. The van der Waals surface area contributed by atoms with Crippen molar-refractivity contribution in [3.8, 4) is 0 Å². The van der Waals surface area contributed by atoms with E-state index in [2.05, 4.69) is 17.1 Å². The minimum Gasteiger partial charge on any atom is -0.352 e. The highest BCUT2D eigenvalue weighted by atomic mass is 16.1. The van der Waals surface area contributed by atoms with Gasteiger partial charge in [-0.2, -0.15) is 0 Å². The molecule has 2 aliphatic heterocycles. The Balaban J connectivity index is 1.71. The van der Waals surface area contributed by atoms with Crippen molar-refractivity contribution in [1.82, 2.24) is 10.2 Å². The monoisotopic (exact) mass is 239 g/mol. The van der Waals surface area contributed by atoms with E-state index in [1.807, 2.05) is 0 Å². The quantitative estimate of drug-likeness (QED) is 0.743. The Bertz CT molecular complexity index is 269. The first kappa shape index (κ1) is 12.8. The van der Waals surface area contributed by atoms with Crippen molar-refractivity contribution >= 4 is 5.91 Å². The molecule has 0 aromatic rings. The van der Waals surface area contributed by atoms with Crippen LogP contribution in [-0.2, 0) is 4.79 Å². The van der Waals surface area contributed by atoms with Crippen LogP contribution in [0.1, 0.15) is 39.0 Å². The number of nitrogens with one attached hydrogen (secondary N) is 1. The summed E-state index contributed by atoms with van der Waals surface area (Å²) in [6.45, 7) is 5.16. The molecule has 2 saturated heterocycles. The molecule has 98 valence electrons. The third kappa shape index (κ3) is 3.19. The lowest BCUT2D eigenvalue weighted by Gasteiger charge is -2.21. The molecule has 4 heteroatoms. The molecule has 17 heavy (non-hydrogen) atoms. The summed E-state index contributed by atoms with van der Waals surface area (Å²) >= 11 is 0. The highest BCUT2D eigenvalue weighted by Crippen LogP contribution is 2.27. The third-order valence-corrected chi connectivity index (χ3v) is 4.22. The summed E-state index contributed by atoms with van der Waals surface area (Å²) in [5, 5.41) is 3.21. The second kappa shape index (κ2) is 5.83. The Morgan fingerprint density at radius 3 is 3.06 bits per heavy atom. The number of hydrogen-bond donors (Lipinski definition) is 2. The van der Waals surface area contributed by atoms with Gasteiger partial charge in [0.2, 0.25) is 5.91 Å². The second-order valence-corrected chi connectivity index (χ2v) is 5.59. The lowest BCUT2D eigenvalue weighted by atomic mass is 10.0. The molecule has 3 unspecified atom stereocenters. The lowest BCUT2D eigenvalue weighted by molar-refractivity contribution is -0.122. The summed E-state index contributed by atoms with van der Waals surface area (Å²) in [5.41, 5.74) is 5.55. The van der Waals surface area contributed by atoms with Crippen LogP contribution < -0.4 is 11.1 Å². The summed E-state index contributed by atoms with van der Waals surface area (Å²) in [6.07, 6.45) is 5.21. The summed E-state index contributed by atoms with van der Waals surface area (Å²) in [4.78, 5) is 14.4. The van der Waals surface area contributed by atoms with Crippen LogP contribution in [0.5, 0.6) is 0 Å². The topological polar surface area (TPSA) is 58.4 Å². The van der Waals surface area contributed by atoms with E-state index in [9.17, 15) is 4.79 Å². The molecule has 0 aliphatic carbocycles. The molecule has 2 fully saturated rings. The van der Waals surface area contributed by atoms with Crippen LogP contribution in [0, 0.1) is 5.92 Å². The van der Waals surface area contributed by atoms with E-state index < -0.39 is 0 Å². The van der Waals surface area contributed by atoms with Crippen LogP contribution in [-0.4, -0.2) is 42.5 Å². The summed E-state index contributed by atoms with van der Waals surface area (Å²) in [5.74, 6) is 0.663. The largest absolute Gasteiger partial charge is 0.352 e. The molecule has 0 aromatic carbocycles. The van der Waals surface area contributed by atoms with Crippen LogP contribution >= 0.6 is 0 Å². The van der Waals surface area contributed by atoms with Crippen LogP contribution in [0.2, 0.25) is 0 Å². The number of rotatable bonds is 5. The third-order valence-electron chi connectivity index (χ3n) is 4.22. The minimum absolute atomic E-state index is 0.212. The number of carbonyl (C=O) groups is 1. The standard InChI is InChI=1S/C13H25N3O/c1-10(9-14)4-5-13(17)15-11-6-8-16-7-2-3-12(11)16/h10-12H,2-9,14H2,1H3,(H,15,17). The molecule has 2 rings (SSSR count). The highest BCUT2D eigenvalue weighted by Gasteiger charge is 2.37.